The standard InChI is InChI=1S/C45H33N/c1-45(2)40-17-9-8-16-38(40)39-28-27-36(29-41(39)45)46(35-25-23-31(24-26-35)30-11-4-3-5-12-30)42-18-10-14-33-21-22-34-20-19-32-13-6-7-15-37(32)43(34)44(33)42/h3-29H,1-2H3. The third-order valence-electron chi connectivity index (χ3n) is 10.0. The normalized spacial score (nSPS) is 13.2. The zero-order valence-corrected chi connectivity index (χ0v) is 26.0. The molecule has 8 aromatic rings. The van der Waals surface area contributed by atoms with Crippen molar-refractivity contribution >= 4 is 49.4 Å². The van der Waals surface area contributed by atoms with Crippen LogP contribution in [0, 0.1) is 0 Å². The molecule has 0 aromatic heterocycles. The van der Waals surface area contributed by atoms with Crippen molar-refractivity contribution < 1.29 is 0 Å². The van der Waals surface area contributed by atoms with Crippen LogP contribution in [0.1, 0.15) is 25.0 Å². The van der Waals surface area contributed by atoms with Crippen LogP contribution in [0.5, 0.6) is 0 Å². The second kappa shape index (κ2) is 10.2. The molecule has 0 bridgehead atoms. The minimum atomic E-state index is -0.0908. The van der Waals surface area contributed by atoms with Crippen molar-refractivity contribution in [2.75, 3.05) is 4.90 Å². The summed E-state index contributed by atoms with van der Waals surface area (Å²) in [6.45, 7) is 4.72. The highest BCUT2D eigenvalue weighted by Crippen LogP contribution is 2.51. The summed E-state index contributed by atoms with van der Waals surface area (Å²) in [5.41, 5.74) is 11.3. The largest absolute Gasteiger partial charge is 0.310 e. The van der Waals surface area contributed by atoms with E-state index in [0.29, 0.717) is 0 Å². The highest BCUT2D eigenvalue weighted by atomic mass is 15.1. The maximum Gasteiger partial charge on any atom is 0.0546 e. The van der Waals surface area contributed by atoms with Crippen molar-refractivity contribution in [3.8, 4) is 22.3 Å². The molecule has 1 aliphatic carbocycles. The molecule has 46 heavy (non-hydrogen) atoms. The maximum atomic E-state index is 2.47. The monoisotopic (exact) mass is 587 g/mol. The van der Waals surface area contributed by atoms with E-state index < -0.39 is 0 Å². The van der Waals surface area contributed by atoms with Crippen LogP contribution in [-0.2, 0) is 5.41 Å². The van der Waals surface area contributed by atoms with E-state index in [0.717, 1.165) is 11.4 Å². The van der Waals surface area contributed by atoms with Gasteiger partial charge in [0, 0.05) is 22.2 Å². The Labute approximate surface area is 270 Å². The zero-order valence-electron chi connectivity index (χ0n) is 26.0. The molecule has 0 aliphatic heterocycles. The van der Waals surface area contributed by atoms with Gasteiger partial charge in [-0.2, -0.15) is 0 Å². The summed E-state index contributed by atoms with van der Waals surface area (Å²) in [5, 5.41) is 7.60. The fourth-order valence-corrected chi connectivity index (χ4v) is 7.73. The molecule has 0 radical (unpaired) electrons. The third kappa shape index (κ3) is 4.02. The molecule has 8 aromatic carbocycles. The molecule has 0 saturated carbocycles. The number of rotatable bonds is 4. The van der Waals surface area contributed by atoms with E-state index in [2.05, 4.69) is 183 Å². The third-order valence-corrected chi connectivity index (χ3v) is 10.0. The first kappa shape index (κ1) is 26.7. The lowest BCUT2D eigenvalue weighted by Crippen LogP contribution is -2.16. The van der Waals surface area contributed by atoms with Crippen molar-refractivity contribution in [3.05, 3.63) is 175 Å². The molecule has 0 spiro atoms. The Hall–Kier alpha value is -5.66. The first-order valence-corrected chi connectivity index (χ1v) is 16.1. The van der Waals surface area contributed by atoms with E-state index >= 15 is 0 Å². The van der Waals surface area contributed by atoms with Crippen molar-refractivity contribution in [1.82, 2.24) is 0 Å². The Morgan fingerprint density at radius 2 is 1.02 bits per heavy atom. The first-order valence-electron chi connectivity index (χ1n) is 16.1. The molecular formula is C45H33N. The average Bonchev–Trinajstić information content (AvgIpc) is 3.34. The van der Waals surface area contributed by atoms with Crippen LogP contribution in [0.25, 0.3) is 54.6 Å². The average molecular weight is 588 g/mol. The molecule has 0 unspecified atom stereocenters. The summed E-state index contributed by atoms with van der Waals surface area (Å²) in [5.74, 6) is 0. The highest BCUT2D eigenvalue weighted by Gasteiger charge is 2.35. The molecule has 1 nitrogen and oxygen atoms in total. The minimum Gasteiger partial charge on any atom is -0.310 e. The van der Waals surface area contributed by atoms with Gasteiger partial charge in [0.05, 0.1) is 5.69 Å². The second-order valence-electron chi connectivity index (χ2n) is 13.0. The van der Waals surface area contributed by atoms with Gasteiger partial charge in [-0.15, -0.1) is 0 Å². The minimum absolute atomic E-state index is 0.0908. The topological polar surface area (TPSA) is 3.24 Å². The van der Waals surface area contributed by atoms with Gasteiger partial charge in [0.25, 0.3) is 0 Å². The molecule has 0 N–H and O–H groups in total. The lowest BCUT2D eigenvalue weighted by molar-refractivity contribution is 0.660. The van der Waals surface area contributed by atoms with Crippen LogP contribution in [0.4, 0.5) is 17.1 Å². The molecule has 1 heteroatoms. The molecule has 0 saturated heterocycles. The summed E-state index contributed by atoms with van der Waals surface area (Å²) in [4.78, 5) is 2.47. The smallest absolute Gasteiger partial charge is 0.0546 e. The summed E-state index contributed by atoms with van der Waals surface area (Å²) in [6, 6.07) is 60.2. The van der Waals surface area contributed by atoms with E-state index in [1.807, 2.05) is 0 Å². The molecule has 0 heterocycles. The van der Waals surface area contributed by atoms with Gasteiger partial charge < -0.3 is 4.90 Å². The van der Waals surface area contributed by atoms with Crippen LogP contribution in [-0.4, -0.2) is 0 Å². The second-order valence-corrected chi connectivity index (χ2v) is 13.0. The summed E-state index contributed by atoms with van der Waals surface area (Å²) in [7, 11) is 0. The molecular weight excluding hydrogens is 555 g/mol. The van der Waals surface area contributed by atoms with Crippen LogP contribution in [0.3, 0.4) is 0 Å². The van der Waals surface area contributed by atoms with Gasteiger partial charge in [0.15, 0.2) is 0 Å². The molecule has 0 fully saturated rings. The predicted molar refractivity (Wildman–Crippen MR) is 197 cm³/mol. The number of benzene rings is 8. The van der Waals surface area contributed by atoms with Crippen LogP contribution in [0.15, 0.2) is 164 Å². The van der Waals surface area contributed by atoms with Gasteiger partial charge in [0.2, 0.25) is 0 Å². The van der Waals surface area contributed by atoms with Crippen molar-refractivity contribution in [2.45, 2.75) is 19.3 Å². The summed E-state index contributed by atoms with van der Waals surface area (Å²) in [6.07, 6.45) is 0. The van der Waals surface area contributed by atoms with Gasteiger partial charge >= 0.3 is 0 Å². The lowest BCUT2D eigenvalue weighted by atomic mass is 9.82. The Balaban J connectivity index is 1.32. The van der Waals surface area contributed by atoms with Gasteiger partial charge in [-0.05, 0) is 90.6 Å². The zero-order chi connectivity index (χ0) is 30.8. The number of hydrogen-bond acceptors (Lipinski definition) is 1. The van der Waals surface area contributed by atoms with Gasteiger partial charge in [-0.3, -0.25) is 0 Å². The molecule has 1 aliphatic rings. The van der Waals surface area contributed by atoms with Crippen molar-refractivity contribution in [3.63, 3.8) is 0 Å². The maximum absolute atomic E-state index is 2.47. The summed E-state index contributed by atoms with van der Waals surface area (Å²) < 4.78 is 0. The van der Waals surface area contributed by atoms with Crippen molar-refractivity contribution in [1.29, 1.82) is 0 Å². The van der Waals surface area contributed by atoms with E-state index in [4.69, 9.17) is 0 Å². The van der Waals surface area contributed by atoms with Crippen LogP contribution in [0.2, 0.25) is 0 Å². The fraction of sp³-hybridized carbons (Fsp3) is 0.0667. The Kier molecular flexibility index (Phi) is 5.92. The molecule has 218 valence electrons. The Bertz CT molecular complexity index is 2430. The molecule has 0 amide bonds. The fourth-order valence-electron chi connectivity index (χ4n) is 7.73. The van der Waals surface area contributed by atoms with E-state index in [1.165, 1.54) is 71.4 Å². The molecule has 9 rings (SSSR count). The first-order chi connectivity index (χ1) is 22.6. The number of hydrogen-bond donors (Lipinski definition) is 0. The van der Waals surface area contributed by atoms with Crippen molar-refractivity contribution in [2.24, 2.45) is 0 Å². The van der Waals surface area contributed by atoms with Gasteiger partial charge in [-0.1, -0.05) is 147 Å². The van der Waals surface area contributed by atoms with E-state index in [9.17, 15) is 0 Å². The predicted octanol–water partition coefficient (Wildman–Crippen LogP) is 12.6. The SMILES string of the molecule is CC1(C)c2ccccc2-c2ccc(N(c3ccc(-c4ccccc4)cc3)c3cccc4ccc5ccc6ccccc6c5c34)cc21. The lowest BCUT2D eigenvalue weighted by Gasteiger charge is -2.29. The van der Waals surface area contributed by atoms with Gasteiger partial charge in [-0.25, -0.2) is 0 Å². The van der Waals surface area contributed by atoms with E-state index in [-0.39, 0.29) is 5.41 Å². The van der Waals surface area contributed by atoms with Crippen LogP contribution < -0.4 is 4.90 Å². The number of fused-ring (bicyclic) bond motifs is 8. The highest BCUT2D eigenvalue weighted by molar-refractivity contribution is 6.24. The van der Waals surface area contributed by atoms with E-state index in [1.54, 1.807) is 0 Å². The van der Waals surface area contributed by atoms with Crippen LogP contribution >= 0.6 is 0 Å². The Morgan fingerprint density at radius 1 is 0.413 bits per heavy atom. The Morgan fingerprint density at radius 3 is 1.85 bits per heavy atom. The summed E-state index contributed by atoms with van der Waals surface area (Å²) >= 11 is 0. The number of anilines is 3. The molecule has 0 atom stereocenters. The quantitative estimate of drug-likeness (QED) is 0.185. The van der Waals surface area contributed by atoms with Gasteiger partial charge in [0.1, 0.15) is 0 Å². The number of nitrogens with zero attached hydrogens (tertiary/aromatic N) is 1.